The fourth-order valence-corrected chi connectivity index (χ4v) is 4.71. The minimum Gasteiger partial charge on any atom is -0.369 e. The van der Waals surface area contributed by atoms with Crippen LogP contribution in [-0.2, 0) is 11.3 Å². The van der Waals surface area contributed by atoms with Gasteiger partial charge in [0.25, 0.3) is 0 Å². The van der Waals surface area contributed by atoms with Gasteiger partial charge in [-0.15, -0.1) is 0 Å². The summed E-state index contributed by atoms with van der Waals surface area (Å²) in [5, 5.41) is 13.9. The molecule has 2 aromatic carbocycles. The number of aromatic nitrogens is 2. The van der Waals surface area contributed by atoms with Gasteiger partial charge in [-0.1, -0.05) is 44.2 Å². The van der Waals surface area contributed by atoms with Gasteiger partial charge in [-0.3, -0.25) is 9.69 Å². The van der Waals surface area contributed by atoms with Crippen LogP contribution >= 0.6 is 0 Å². The molecule has 3 aromatic rings. The summed E-state index contributed by atoms with van der Waals surface area (Å²) in [7, 11) is 1.96. The number of hydrazone groups is 1. The molecule has 208 valence electrons. The number of carbonyl (C=O) groups is 1. The van der Waals surface area contributed by atoms with Crippen molar-refractivity contribution in [3.63, 3.8) is 0 Å². The highest BCUT2D eigenvalue weighted by molar-refractivity contribution is 6.08. The number of anilines is 2. The number of rotatable bonds is 9. The van der Waals surface area contributed by atoms with Crippen molar-refractivity contribution in [2.45, 2.75) is 39.8 Å². The quantitative estimate of drug-likeness (QED) is 0.362. The van der Waals surface area contributed by atoms with E-state index in [1.165, 1.54) is 0 Å². The maximum atomic E-state index is 13.3. The number of fused-ring (bicyclic) bond motifs is 1. The van der Waals surface area contributed by atoms with E-state index in [0.717, 1.165) is 66.5 Å². The average molecular weight is 532 g/mol. The second kappa shape index (κ2) is 14.0. The van der Waals surface area contributed by atoms with Crippen molar-refractivity contribution < 1.29 is 4.79 Å². The minimum absolute atomic E-state index is 0.0642. The van der Waals surface area contributed by atoms with E-state index in [1.54, 1.807) is 5.12 Å². The third-order valence-electron chi connectivity index (χ3n) is 6.77. The lowest BCUT2D eigenvalue weighted by atomic mass is 10.1. The smallest absolute Gasteiger partial charge is 0.247 e. The summed E-state index contributed by atoms with van der Waals surface area (Å²) in [6.45, 7) is 11.2. The Labute approximate surface area is 231 Å². The summed E-state index contributed by atoms with van der Waals surface area (Å²) in [6.07, 6.45) is 1.02. The molecule has 1 fully saturated rings. The third-order valence-corrected chi connectivity index (χ3v) is 6.77. The zero-order valence-corrected chi connectivity index (χ0v) is 23.5. The van der Waals surface area contributed by atoms with Crippen molar-refractivity contribution in [2.24, 2.45) is 5.10 Å². The molecular weight excluding hydrogens is 490 g/mol. The van der Waals surface area contributed by atoms with E-state index < -0.39 is 6.04 Å². The molecule has 2 aliphatic heterocycles. The molecule has 0 spiro atoms. The van der Waals surface area contributed by atoms with Crippen LogP contribution in [0.5, 0.6) is 0 Å². The Morgan fingerprint density at radius 2 is 1.69 bits per heavy atom. The van der Waals surface area contributed by atoms with Gasteiger partial charge >= 0.3 is 0 Å². The van der Waals surface area contributed by atoms with Crippen LogP contribution in [0.2, 0.25) is 0 Å². The zero-order valence-electron chi connectivity index (χ0n) is 23.5. The fourth-order valence-electron chi connectivity index (χ4n) is 4.71. The number of nitrogens with zero attached hydrogens (tertiary/aromatic N) is 6. The summed E-state index contributed by atoms with van der Waals surface area (Å²) < 4.78 is 0. The van der Waals surface area contributed by atoms with Gasteiger partial charge in [0.05, 0.1) is 23.5 Å². The van der Waals surface area contributed by atoms with E-state index in [-0.39, 0.29) is 5.91 Å². The summed E-state index contributed by atoms with van der Waals surface area (Å²) in [4.78, 5) is 27.2. The molecule has 10 nitrogen and oxygen atoms in total. The Morgan fingerprint density at radius 1 is 0.974 bits per heavy atom. The van der Waals surface area contributed by atoms with E-state index in [4.69, 9.17) is 9.97 Å². The van der Waals surface area contributed by atoms with Crippen molar-refractivity contribution in [1.82, 2.24) is 30.5 Å². The summed E-state index contributed by atoms with van der Waals surface area (Å²) in [6, 6.07) is 17.5. The first kappa shape index (κ1) is 28.4. The second-order valence-corrected chi connectivity index (χ2v) is 9.44. The molecule has 0 saturated carbocycles. The molecule has 1 saturated heterocycles. The van der Waals surface area contributed by atoms with Gasteiger partial charge in [0, 0.05) is 38.1 Å². The van der Waals surface area contributed by atoms with Gasteiger partial charge in [0.2, 0.25) is 5.91 Å². The molecule has 1 amide bonds. The van der Waals surface area contributed by atoms with Gasteiger partial charge in [0.1, 0.15) is 17.7 Å². The normalized spacial score (nSPS) is 17.5. The van der Waals surface area contributed by atoms with Gasteiger partial charge in [-0.05, 0) is 51.2 Å². The number of para-hydroxylation sites is 2. The van der Waals surface area contributed by atoms with Crippen molar-refractivity contribution in [3.8, 4) is 0 Å². The molecule has 10 heteroatoms. The Kier molecular flexibility index (Phi) is 10.2. The average Bonchev–Trinajstić information content (AvgIpc) is 3.38. The molecule has 0 radical (unpaired) electrons. The Morgan fingerprint density at radius 3 is 2.44 bits per heavy atom. The van der Waals surface area contributed by atoms with E-state index in [1.807, 2.05) is 81.2 Å². The van der Waals surface area contributed by atoms with Crippen LogP contribution in [0.25, 0.3) is 10.9 Å². The van der Waals surface area contributed by atoms with Gasteiger partial charge < -0.3 is 15.5 Å². The molecule has 2 aliphatic rings. The van der Waals surface area contributed by atoms with Crippen LogP contribution in [0, 0.1) is 0 Å². The molecular formula is C29H41N9O. The van der Waals surface area contributed by atoms with Crippen LogP contribution in [0.3, 0.4) is 0 Å². The first-order chi connectivity index (χ1) is 19.1. The number of piperazine rings is 1. The SMILES string of the molecule is CC.CNCCCNc1nc(CN2CCN(C(=O)C3NN(c4ccccc4)N=C3C)CC2)nc2ccccc12. The predicted octanol–water partition coefficient (Wildman–Crippen LogP) is 3.09. The molecule has 3 N–H and O–H groups in total. The van der Waals surface area contributed by atoms with Crippen LogP contribution < -0.4 is 21.2 Å². The fraction of sp³-hybridized carbons (Fsp3) is 0.448. The van der Waals surface area contributed by atoms with Gasteiger partial charge in [-0.2, -0.15) is 15.6 Å². The van der Waals surface area contributed by atoms with E-state index in [9.17, 15) is 4.79 Å². The zero-order chi connectivity index (χ0) is 27.6. The lowest BCUT2D eigenvalue weighted by molar-refractivity contribution is -0.133. The largest absolute Gasteiger partial charge is 0.369 e. The molecule has 0 aliphatic carbocycles. The number of nitrogens with one attached hydrogen (secondary N) is 3. The summed E-state index contributed by atoms with van der Waals surface area (Å²) in [5.74, 6) is 1.75. The topological polar surface area (TPSA) is 101 Å². The lowest BCUT2D eigenvalue weighted by Crippen LogP contribution is -2.55. The number of hydrogen-bond donors (Lipinski definition) is 3. The van der Waals surface area contributed by atoms with Crippen molar-refractivity contribution in [3.05, 3.63) is 60.4 Å². The molecule has 3 heterocycles. The standard InChI is InChI=1S/C27H35N9O.C2H6/c1-20-25(33-36(32-20)21-9-4-3-5-10-21)27(37)35-17-15-34(16-18-35)19-24-30-23-12-7-6-11-22(23)26(31-24)29-14-8-13-28-2;1-2/h3-7,9-12,25,28,33H,8,13-19H2,1-2H3,(H,29,30,31);1-2H3. The molecule has 1 aromatic heterocycles. The van der Waals surface area contributed by atoms with Crippen LogP contribution in [0.4, 0.5) is 11.5 Å². The minimum atomic E-state index is -0.438. The monoisotopic (exact) mass is 531 g/mol. The van der Waals surface area contributed by atoms with E-state index >= 15 is 0 Å². The van der Waals surface area contributed by atoms with Crippen molar-refractivity contribution >= 4 is 34.0 Å². The number of carbonyl (C=O) groups excluding carboxylic acids is 1. The first-order valence-corrected chi connectivity index (χ1v) is 13.9. The highest BCUT2D eigenvalue weighted by Crippen LogP contribution is 2.21. The van der Waals surface area contributed by atoms with Crippen LogP contribution in [0.1, 0.15) is 33.0 Å². The first-order valence-electron chi connectivity index (χ1n) is 13.9. The van der Waals surface area contributed by atoms with Crippen molar-refractivity contribution in [2.75, 3.05) is 56.8 Å². The second-order valence-electron chi connectivity index (χ2n) is 9.44. The Hall–Kier alpha value is -3.60. The maximum Gasteiger partial charge on any atom is 0.247 e. The van der Waals surface area contributed by atoms with Gasteiger partial charge in [-0.25, -0.2) is 9.97 Å². The van der Waals surface area contributed by atoms with E-state index in [2.05, 4.69) is 32.1 Å². The van der Waals surface area contributed by atoms with Crippen LogP contribution in [-0.4, -0.2) is 83.7 Å². The predicted molar refractivity (Wildman–Crippen MR) is 159 cm³/mol. The number of hydrogen-bond acceptors (Lipinski definition) is 9. The highest BCUT2D eigenvalue weighted by Gasteiger charge is 2.34. The molecule has 1 unspecified atom stereocenters. The number of amides is 1. The van der Waals surface area contributed by atoms with E-state index in [0.29, 0.717) is 19.6 Å². The number of benzene rings is 2. The maximum absolute atomic E-state index is 13.3. The Bertz CT molecular complexity index is 1240. The molecule has 39 heavy (non-hydrogen) atoms. The highest BCUT2D eigenvalue weighted by atomic mass is 16.2. The van der Waals surface area contributed by atoms with Crippen LogP contribution in [0.15, 0.2) is 59.7 Å². The summed E-state index contributed by atoms with van der Waals surface area (Å²) in [5.41, 5.74) is 5.88. The molecule has 5 rings (SSSR count). The van der Waals surface area contributed by atoms with Crippen molar-refractivity contribution in [1.29, 1.82) is 0 Å². The lowest BCUT2D eigenvalue weighted by Gasteiger charge is -2.35. The number of hydrazine groups is 1. The Balaban J connectivity index is 0.00000172. The molecule has 1 atom stereocenters. The van der Waals surface area contributed by atoms with Gasteiger partial charge in [0.15, 0.2) is 0 Å². The summed E-state index contributed by atoms with van der Waals surface area (Å²) >= 11 is 0. The third kappa shape index (κ3) is 7.08. The molecule has 0 bridgehead atoms.